The molecule has 0 atom stereocenters. The Labute approximate surface area is 74.5 Å². The van der Waals surface area contributed by atoms with Crippen molar-refractivity contribution in [3.8, 4) is 0 Å². The van der Waals surface area contributed by atoms with Gasteiger partial charge < -0.3 is 10.1 Å². The van der Waals surface area contributed by atoms with Crippen LogP contribution in [0.4, 0.5) is 0 Å². The highest BCUT2D eigenvalue weighted by molar-refractivity contribution is 5.79. The average molecular weight is 173 g/mol. The van der Waals surface area contributed by atoms with Crippen LogP contribution in [0.15, 0.2) is 0 Å². The minimum absolute atomic E-state index is 0.182. The van der Waals surface area contributed by atoms with Gasteiger partial charge in [0.2, 0.25) is 0 Å². The summed E-state index contributed by atoms with van der Waals surface area (Å²) < 4.78 is 4.90. The first-order valence-electron chi connectivity index (χ1n) is 4.46. The van der Waals surface area contributed by atoms with Gasteiger partial charge in [-0.25, -0.2) is 0 Å². The maximum Gasteiger partial charge on any atom is 0.325 e. The summed E-state index contributed by atoms with van der Waals surface area (Å²) in [6, 6.07) is 0. The van der Waals surface area contributed by atoms with E-state index in [2.05, 4.69) is 12.2 Å². The van der Waals surface area contributed by atoms with Crippen LogP contribution in [0.2, 0.25) is 0 Å². The van der Waals surface area contributed by atoms with Crippen molar-refractivity contribution >= 4 is 5.97 Å². The molecule has 0 aromatic carbocycles. The molecule has 3 heteroatoms. The number of esters is 1. The number of hydrogen-bond donors (Lipinski definition) is 1. The largest absolute Gasteiger partial charge is 0.465 e. The van der Waals surface area contributed by atoms with Crippen molar-refractivity contribution in [3.63, 3.8) is 0 Å². The van der Waals surface area contributed by atoms with Crippen LogP contribution in [-0.4, -0.2) is 24.7 Å². The van der Waals surface area contributed by atoms with Gasteiger partial charge in [-0.05, 0) is 33.7 Å². The van der Waals surface area contributed by atoms with Gasteiger partial charge in [0, 0.05) is 0 Å². The fourth-order valence-corrected chi connectivity index (χ4v) is 0.821. The lowest BCUT2D eigenvalue weighted by Gasteiger charge is -2.23. The Morgan fingerprint density at radius 3 is 2.42 bits per heavy atom. The van der Waals surface area contributed by atoms with E-state index in [1.54, 1.807) is 0 Å². The lowest BCUT2D eigenvalue weighted by molar-refractivity contribution is -0.149. The molecule has 0 saturated carbocycles. The molecule has 0 aromatic heterocycles. The molecule has 0 fully saturated rings. The first-order valence-corrected chi connectivity index (χ1v) is 4.46. The van der Waals surface area contributed by atoms with Crippen LogP contribution in [0, 0.1) is 0 Å². The van der Waals surface area contributed by atoms with Crippen molar-refractivity contribution in [1.82, 2.24) is 5.32 Å². The molecule has 3 nitrogen and oxygen atoms in total. The topological polar surface area (TPSA) is 38.3 Å². The van der Waals surface area contributed by atoms with Crippen molar-refractivity contribution in [2.45, 2.75) is 39.7 Å². The van der Waals surface area contributed by atoms with Gasteiger partial charge in [-0.2, -0.15) is 0 Å². The second-order valence-electron chi connectivity index (χ2n) is 3.27. The summed E-state index contributed by atoms with van der Waals surface area (Å²) in [4.78, 5) is 11.3. The fraction of sp³-hybridized carbons (Fsp3) is 0.889. The van der Waals surface area contributed by atoms with Gasteiger partial charge in [-0.3, -0.25) is 4.79 Å². The quantitative estimate of drug-likeness (QED) is 0.637. The van der Waals surface area contributed by atoms with Gasteiger partial charge in [0.25, 0.3) is 0 Å². The Kier molecular flexibility index (Phi) is 4.90. The van der Waals surface area contributed by atoms with Gasteiger partial charge in [0.05, 0.1) is 6.61 Å². The average Bonchev–Trinajstić information content (AvgIpc) is 2.01. The highest BCUT2D eigenvalue weighted by Gasteiger charge is 2.27. The molecule has 0 aliphatic rings. The highest BCUT2D eigenvalue weighted by Crippen LogP contribution is 2.04. The van der Waals surface area contributed by atoms with Gasteiger partial charge in [-0.1, -0.05) is 6.92 Å². The third kappa shape index (κ3) is 3.72. The molecule has 0 aliphatic carbocycles. The summed E-state index contributed by atoms with van der Waals surface area (Å²) in [7, 11) is 0. The maximum atomic E-state index is 11.3. The van der Waals surface area contributed by atoms with Crippen molar-refractivity contribution < 1.29 is 9.53 Å². The fourth-order valence-electron chi connectivity index (χ4n) is 0.821. The van der Waals surface area contributed by atoms with E-state index in [0.29, 0.717) is 6.61 Å². The molecule has 0 rings (SSSR count). The summed E-state index contributed by atoms with van der Waals surface area (Å²) >= 11 is 0. The molecule has 0 aliphatic heterocycles. The second kappa shape index (κ2) is 5.14. The van der Waals surface area contributed by atoms with Crippen molar-refractivity contribution in [2.75, 3.05) is 13.2 Å². The van der Waals surface area contributed by atoms with Crippen LogP contribution < -0.4 is 5.32 Å². The summed E-state index contributed by atoms with van der Waals surface area (Å²) in [5.41, 5.74) is -0.550. The lowest BCUT2D eigenvalue weighted by Crippen LogP contribution is -2.48. The van der Waals surface area contributed by atoms with Crippen molar-refractivity contribution in [2.24, 2.45) is 0 Å². The molecule has 0 radical (unpaired) electrons. The normalized spacial score (nSPS) is 11.3. The Morgan fingerprint density at radius 1 is 1.42 bits per heavy atom. The Bertz CT molecular complexity index is 143. The van der Waals surface area contributed by atoms with E-state index in [4.69, 9.17) is 4.74 Å². The number of rotatable bonds is 5. The molecular formula is C9H19NO2. The van der Waals surface area contributed by atoms with Gasteiger partial charge in [0.1, 0.15) is 5.54 Å². The van der Waals surface area contributed by atoms with E-state index in [0.717, 1.165) is 13.0 Å². The van der Waals surface area contributed by atoms with Gasteiger partial charge >= 0.3 is 5.97 Å². The summed E-state index contributed by atoms with van der Waals surface area (Å²) in [5.74, 6) is -0.182. The number of ether oxygens (including phenoxy) is 1. The smallest absolute Gasteiger partial charge is 0.325 e. The first kappa shape index (κ1) is 11.4. The number of hydrogen-bond acceptors (Lipinski definition) is 3. The predicted octanol–water partition coefficient (Wildman–Crippen LogP) is 1.33. The number of carbonyl (C=O) groups excluding carboxylic acids is 1. The zero-order chi connectivity index (χ0) is 9.61. The van der Waals surface area contributed by atoms with Crippen molar-refractivity contribution in [1.29, 1.82) is 0 Å². The van der Waals surface area contributed by atoms with E-state index in [9.17, 15) is 4.79 Å². The number of nitrogens with one attached hydrogen (secondary N) is 1. The van der Waals surface area contributed by atoms with Crippen LogP contribution in [-0.2, 0) is 9.53 Å². The SMILES string of the molecule is CCCNC(C)(C)C(=O)OCC. The molecule has 0 saturated heterocycles. The van der Waals surface area contributed by atoms with E-state index in [1.807, 2.05) is 20.8 Å². The lowest BCUT2D eigenvalue weighted by atomic mass is 10.1. The Balaban J connectivity index is 3.90. The molecule has 72 valence electrons. The molecule has 0 bridgehead atoms. The maximum absolute atomic E-state index is 11.3. The zero-order valence-corrected chi connectivity index (χ0v) is 8.44. The third-order valence-corrected chi connectivity index (χ3v) is 1.60. The minimum Gasteiger partial charge on any atom is -0.465 e. The van der Waals surface area contributed by atoms with E-state index < -0.39 is 5.54 Å². The monoisotopic (exact) mass is 173 g/mol. The highest BCUT2D eigenvalue weighted by atomic mass is 16.5. The van der Waals surface area contributed by atoms with Gasteiger partial charge in [0.15, 0.2) is 0 Å². The van der Waals surface area contributed by atoms with Gasteiger partial charge in [-0.15, -0.1) is 0 Å². The molecule has 1 N–H and O–H groups in total. The second-order valence-corrected chi connectivity index (χ2v) is 3.27. The molecule has 0 heterocycles. The molecule has 0 unspecified atom stereocenters. The first-order chi connectivity index (χ1) is 5.54. The van der Waals surface area contributed by atoms with Crippen LogP contribution in [0.5, 0.6) is 0 Å². The van der Waals surface area contributed by atoms with Crippen molar-refractivity contribution in [3.05, 3.63) is 0 Å². The minimum atomic E-state index is -0.550. The molecule has 0 spiro atoms. The standard InChI is InChI=1S/C9H19NO2/c1-5-7-10-9(3,4)8(11)12-6-2/h10H,5-7H2,1-4H3. The van der Waals surface area contributed by atoms with E-state index in [-0.39, 0.29) is 5.97 Å². The zero-order valence-electron chi connectivity index (χ0n) is 8.44. The summed E-state index contributed by atoms with van der Waals surface area (Å²) in [6.07, 6.45) is 1.02. The van der Waals surface area contributed by atoms with Crippen LogP contribution in [0.25, 0.3) is 0 Å². The van der Waals surface area contributed by atoms with Crippen LogP contribution in [0.1, 0.15) is 34.1 Å². The van der Waals surface area contributed by atoms with E-state index >= 15 is 0 Å². The molecule has 12 heavy (non-hydrogen) atoms. The Morgan fingerprint density at radius 2 is 2.00 bits per heavy atom. The Hall–Kier alpha value is -0.570. The van der Waals surface area contributed by atoms with Crippen LogP contribution >= 0.6 is 0 Å². The molecular weight excluding hydrogens is 154 g/mol. The molecule has 0 amide bonds. The summed E-state index contributed by atoms with van der Waals surface area (Å²) in [5, 5.41) is 3.12. The third-order valence-electron chi connectivity index (χ3n) is 1.60. The molecule has 0 aromatic rings. The van der Waals surface area contributed by atoms with E-state index in [1.165, 1.54) is 0 Å². The van der Waals surface area contributed by atoms with Crippen LogP contribution in [0.3, 0.4) is 0 Å². The number of carbonyl (C=O) groups is 1. The predicted molar refractivity (Wildman–Crippen MR) is 49.0 cm³/mol. The summed E-state index contributed by atoms with van der Waals surface area (Å²) in [6.45, 7) is 8.82.